The molecule has 3 aromatic rings. The normalized spacial score (nSPS) is 10.3. The van der Waals surface area contributed by atoms with Crippen molar-refractivity contribution in [1.82, 2.24) is 15.2 Å². The van der Waals surface area contributed by atoms with Crippen LogP contribution < -0.4 is 10.6 Å². The van der Waals surface area contributed by atoms with Crippen LogP contribution in [0, 0.1) is 0 Å². The number of amides is 2. The van der Waals surface area contributed by atoms with E-state index >= 15 is 0 Å². The maximum atomic E-state index is 12.3. The zero-order chi connectivity index (χ0) is 17.6. The van der Waals surface area contributed by atoms with Crippen LogP contribution in [0.2, 0.25) is 0 Å². The molecule has 0 spiro atoms. The highest BCUT2D eigenvalue weighted by molar-refractivity contribution is 7.15. The number of carbonyl (C=O) groups excluding carboxylic acids is 2. The highest BCUT2D eigenvalue weighted by Crippen LogP contribution is 2.18. The molecule has 0 aliphatic rings. The molecular weight excluding hydrogens is 338 g/mol. The summed E-state index contributed by atoms with van der Waals surface area (Å²) in [5.41, 5.74) is 1.38. The summed E-state index contributed by atoms with van der Waals surface area (Å²) in [5.74, 6) is -0.598. The summed E-state index contributed by atoms with van der Waals surface area (Å²) in [6.07, 6.45) is 3.84. The van der Waals surface area contributed by atoms with E-state index in [9.17, 15) is 9.59 Å². The van der Waals surface area contributed by atoms with Crippen LogP contribution in [0.15, 0.2) is 48.8 Å². The van der Waals surface area contributed by atoms with Gasteiger partial charge in [0.1, 0.15) is 5.01 Å². The lowest BCUT2D eigenvalue weighted by Crippen LogP contribution is -2.14. The zero-order valence-electron chi connectivity index (χ0n) is 13.4. The van der Waals surface area contributed by atoms with Gasteiger partial charge in [-0.25, -0.2) is 0 Å². The molecule has 1 aromatic carbocycles. The first kappa shape index (κ1) is 16.7. The molecule has 2 aromatic heterocycles. The van der Waals surface area contributed by atoms with Gasteiger partial charge in [-0.1, -0.05) is 24.3 Å². The predicted octanol–water partition coefficient (Wildman–Crippen LogP) is 3.00. The fourth-order valence-electron chi connectivity index (χ4n) is 2.05. The van der Waals surface area contributed by atoms with Gasteiger partial charge in [-0.2, -0.15) is 0 Å². The topological polar surface area (TPSA) is 96.9 Å². The van der Waals surface area contributed by atoms with E-state index < -0.39 is 0 Å². The van der Waals surface area contributed by atoms with Crippen molar-refractivity contribution in [3.8, 4) is 0 Å². The van der Waals surface area contributed by atoms with E-state index in [-0.39, 0.29) is 11.8 Å². The van der Waals surface area contributed by atoms with Crippen LogP contribution >= 0.6 is 11.3 Å². The highest BCUT2D eigenvalue weighted by Gasteiger charge is 2.11. The number of hydrogen-bond acceptors (Lipinski definition) is 6. The van der Waals surface area contributed by atoms with Crippen LogP contribution in [0.4, 0.5) is 10.8 Å². The van der Waals surface area contributed by atoms with Gasteiger partial charge in [-0.05, 0) is 36.8 Å². The van der Waals surface area contributed by atoms with E-state index in [1.54, 1.807) is 42.6 Å². The maximum Gasteiger partial charge on any atom is 0.257 e. The molecule has 0 unspecified atom stereocenters. The van der Waals surface area contributed by atoms with Crippen molar-refractivity contribution in [3.63, 3.8) is 0 Å². The number of aryl methyl sites for hydroxylation is 1. The minimum Gasteiger partial charge on any atom is -0.322 e. The van der Waals surface area contributed by atoms with Gasteiger partial charge in [-0.3, -0.25) is 19.9 Å². The summed E-state index contributed by atoms with van der Waals surface area (Å²) in [5, 5.41) is 14.6. The first-order chi connectivity index (χ1) is 12.2. The van der Waals surface area contributed by atoms with Crippen molar-refractivity contribution in [2.24, 2.45) is 0 Å². The van der Waals surface area contributed by atoms with E-state index in [1.807, 2.05) is 6.92 Å². The van der Waals surface area contributed by atoms with E-state index in [1.165, 1.54) is 17.5 Å². The number of anilines is 2. The second kappa shape index (κ2) is 7.63. The van der Waals surface area contributed by atoms with Gasteiger partial charge in [0.15, 0.2) is 0 Å². The summed E-state index contributed by atoms with van der Waals surface area (Å²) < 4.78 is 0. The molecule has 0 atom stereocenters. The van der Waals surface area contributed by atoms with Crippen LogP contribution in [0.3, 0.4) is 0 Å². The third-order valence-corrected chi connectivity index (χ3v) is 4.28. The number of pyridine rings is 1. The van der Waals surface area contributed by atoms with Crippen LogP contribution in [0.1, 0.15) is 32.6 Å². The fraction of sp³-hybridized carbons (Fsp3) is 0.118. The molecule has 25 heavy (non-hydrogen) atoms. The zero-order valence-corrected chi connectivity index (χ0v) is 14.2. The first-order valence-electron chi connectivity index (χ1n) is 7.61. The van der Waals surface area contributed by atoms with Crippen molar-refractivity contribution in [1.29, 1.82) is 0 Å². The second-order valence-electron chi connectivity index (χ2n) is 5.09. The molecule has 0 bridgehead atoms. The Labute approximate surface area is 148 Å². The second-order valence-corrected chi connectivity index (χ2v) is 6.15. The van der Waals surface area contributed by atoms with Gasteiger partial charge in [0.25, 0.3) is 11.8 Å². The van der Waals surface area contributed by atoms with Gasteiger partial charge in [-0.15, -0.1) is 10.2 Å². The average Bonchev–Trinajstić information content (AvgIpc) is 3.10. The first-order valence-corrected chi connectivity index (χ1v) is 8.42. The summed E-state index contributed by atoms with van der Waals surface area (Å²) in [4.78, 5) is 28.4. The van der Waals surface area contributed by atoms with Gasteiger partial charge in [0, 0.05) is 23.6 Å². The van der Waals surface area contributed by atoms with Crippen LogP contribution in [0.5, 0.6) is 0 Å². The summed E-state index contributed by atoms with van der Waals surface area (Å²) in [6, 6.07) is 10.0. The van der Waals surface area contributed by atoms with Crippen molar-refractivity contribution >= 4 is 34.0 Å². The molecule has 0 radical (unpaired) electrons. The Hall–Kier alpha value is -3.13. The van der Waals surface area contributed by atoms with Crippen LogP contribution in [-0.2, 0) is 6.42 Å². The van der Waals surface area contributed by atoms with Crippen molar-refractivity contribution in [3.05, 3.63) is 64.9 Å². The van der Waals surface area contributed by atoms with Crippen molar-refractivity contribution in [2.45, 2.75) is 13.3 Å². The number of rotatable bonds is 5. The molecule has 0 aliphatic heterocycles. The number of nitrogens with zero attached hydrogens (tertiary/aromatic N) is 3. The lowest BCUT2D eigenvalue weighted by Gasteiger charge is -2.07. The Morgan fingerprint density at radius 1 is 1.04 bits per heavy atom. The molecule has 0 saturated heterocycles. The summed E-state index contributed by atoms with van der Waals surface area (Å²) in [7, 11) is 0. The molecule has 7 nitrogen and oxygen atoms in total. The minimum atomic E-state index is -0.309. The Bertz CT molecular complexity index is 895. The average molecular weight is 353 g/mol. The Kier molecular flexibility index (Phi) is 5.10. The van der Waals surface area contributed by atoms with Gasteiger partial charge in [0.05, 0.1) is 5.56 Å². The molecule has 126 valence electrons. The molecule has 2 heterocycles. The van der Waals surface area contributed by atoms with Crippen molar-refractivity contribution < 1.29 is 9.59 Å². The molecular formula is C17H15N5O2S. The van der Waals surface area contributed by atoms with Crippen LogP contribution in [0.25, 0.3) is 0 Å². The minimum absolute atomic E-state index is 0.289. The quantitative estimate of drug-likeness (QED) is 0.735. The lowest BCUT2D eigenvalue weighted by molar-refractivity contribution is 0.101. The van der Waals surface area contributed by atoms with Crippen molar-refractivity contribution in [2.75, 3.05) is 10.6 Å². The highest BCUT2D eigenvalue weighted by atomic mass is 32.1. The number of nitrogens with one attached hydrogen (secondary N) is 2. The van der Waals surface area contributed by atoms with E-state index in [0.717, 1.165) is 11.4 Å². The molecule has 2 amide bonds. The van der Waals surface area contributed by atoms with Gasteiger partial charge in [0.2, 0.25) is 5.13 Å². The maximum absolute atomic E-state index is 12.3. The predicted molar refractivity (Wildman–Crippen MR) is 95.9 cm³/mol. The molecule has 8 heteroatoms. The van der Waals surface area contributed by atoms with E-state index in [4.69, 9.17) is 0 Å². The molecule has 0 saturated carbocycles. The molecule has 0 fully saturated rings. The number of aromatic nitrogens is 3. The Balaban J connectivity index is 1.70. The third kappa shape index (κ3) is 4.24. The SMILES string of the molecule is CCc1nnc(NC(=O)c2cccc(NC(=O)c3cccnc3)c2)s1. The van der Waals surface area contributed by atoms with Gasteiger partial charge < -0.3 is 5.32 Å². The summed E-state index contributed by atoms with van der Waals surface area (Å²) >= 11 is 1.34. The largest absolute Gasteiger partial charge is 0.322 e. The smallest absolute Gasteiger partial charge is 0.257 e. The third-order valence-electron chi connectivity index (χ3n) is 3.30. The Morgan fingerprint density at radius 3 is 2.56 bits per heavy atom. The number of hydrogen-bond donors (Lipinski definition) is 2. The molecule has 3 rings (SSSR count). The van der Waals surface area contributed by atoms with Gasteiger partial charge >= 0.3 is 0 Å². The molecule has 0 aliphatic carbocycles. The Morgan fingerprint density at radius 2 is 1.84 bits per heavy atom. The standard InChI is InChI=1S/C17H15N5O2S/c1-2-14-21-22-17(25-14)20-15(23)11-5-3-7-13(9-11)19-16(24)12-6-4-8-18-10-12/h3-10H,2H2,1H3,(H,19,24)(H,20,22,23). The van der Waals surface area contributed by atoms with Crippen LogP contribution in [-0.4, -0.2) is 27.0 Å². The monoisotopic (exact) mass is 353 g/mol. The van der Waals surface area contributed by atoms with E-state index in [2.05, 4.69) is 25.8 Å². The lowest BCUT2D eigenvalue weighted by atomic mass is 10.2. The molecule has 2 N–H and O–H groups in total. The van der Waals surface area contributed by atoms with E-state index in [0.29, 0.717) is 21.9 Å². The fourth-order valence-corrected chi connectivity index (χ4v) is 2.73. The number of carbonyl (C=O) groups is 2. The number of benzene rings is 1. The summed E-state index contributed by atoms with van der Waals surface area (Å²) in [6.45, 7) is 1.97.